The standard InChI is InChI=1S/C19H26N2/c1-6-21-18(17-13-20-12-11-14(17)2)15-7-9-16(10-8-15)19(3,4)5/h7-13,18,21H,6H2,1-5H3. The van der Waals surface area contributed by atoms with E-state index >= 15 is 0 Å². The van der Waals surface area contributed by atoms with Crippen LogP contribution in [0.25, 0.3) is 0 Å². The Kier molecular flexibility index (Phi) is 4.79. The average Bonchev–Trinajstić information content (AvgIpc) is 2.45. The first-order valence-electron chi connectivity index (χ1n) is 7.68. The summed E-state index contributed by atoms with van der Waals surface area (Å²) < 4.78 is 0. The van der Waals surface area contributed by atoms with E-state index in [1.54, 1.807) is 0 Å². The van der Waals surface area contributed by atoms with Crippen molar-refractivity contribution in [2.45, 2.75) is 46.1 Å². The van der Waals surface area contributed by atoms with Crippen molar-refractivity contribution in [2.75, 3.05) is 6.54 Å². The summed E-state index contributed by atoms with van der Waals surface area (Å²) in [5, 5.41) is 3.57. The maximum atomic E-state index is 4.29. The van der Waals surface area contributed by atoms with E-state index in [0.717, 1.165) is 6.54 Å². The van der Waals surface area contributed by atoms with Crippen molar-refractivity contribution in [3.05, 3.63) is 65.0 Å². The molecule has 1 unspecified atom stereocenters. The van der Waals surface area contributed by atoms with Crippen LogP contribution in [-0.2, 0) is 5.41 Å². The van der Waals surface area contributed by atoms with E-state index in [1.807, 2.05) is 12.4 Å². The van der Waals surface area contributed by atoms with Crippen LogP contribution >= 0.6 is 0 Å². The van der Waals surface area contributed by atoms with Gasteiger partial charge in [-0.1, -0.05) is 52.0 Å². The van der Waals surface area contributed by atoms with Gasteiger partial charge in [0.05, 0.1) is 6.04 Å². The fourth-order valence-corrected chi connectivity index (χ4v) is 2.57. The van der Waals surface area contributed by atoms with Crippen LogP contribution < -0.4 is 5.32 Å². The van der Waals surface area contributed by atoms with Gasteiger partial charge in [0.15, 0.2) is 0 Å². The van der Waals surface area contributed by atoms with Crippen molar-refractivity contribution in [3.63, 3.8) is 0 Å². The monoisotopic (exact) mass is 282 g/mol. The number of hydrogen-bond acceptors (Lipinski definition) is 2. The van der Waals surface area contributed by atoms with Crippen molar-refractivity contribution in [2.24, 2.45) is 0 Å². The minimum Gasteiger partial charge on any atom is -0.306 e. The summed E-state index contributed by atoms with van der Waals surface area (Å²) in [5.41, 5.74) is 5.38. The summed E-state index contributed by atoms with van der Waals surface area (Å²) >= 11 is 0. The van der Waals surface area contributed by atoms with Crippen molar-refractivity contribution < 1.29 is 0 Å². The fourth-order valence-electron chi connectivity index (χ4n) is 2.57. The first kappa shape index (κ1) is 15.7. The Morgan fingerprint density at radius 3 is 2.29 bits per heavy atom. The quantitative estimate of drug-likeness (QED) is 0.899. The molecule has 2 heteroatoms. The lowest BCUT2D eigenvalue weighted by atomic mass is 9.85. The topological polar surface area (TPSA) is 24.9 Å². The third-order valence-electron chi connectivity index (χ3n) is 3.91. The molecule has 0 fully saturated rings. The van der Waals surface area contributed by atoms with Gasteiger partial charge in [0.2, 0.25) is 0 Å². The first-order chi connectivity index (χ1) is 9.93. The van der Waals surface area contributed by atoms with Gasteiger partial charge in [-0.15, -0.1) is 0 Å². The van der Waals surface area contributed by atoms with Gasteiger partial charge in [-0.3, -0.25) is 4.98 Å². The van der Waals surface area contributed by atoms with Crippen molar-refractivity contribution in [3.8, 4) is 0 Å². The second-order valence-electron chi connectivity index (χ2n) is 6.59. The Balaban J connectivity index is 2.37. The predicted octanol–water partition coefficient (Wildman–Crippen LogP) is 4.39. The van der Waals surface area contributed by atoms with Gasteiger partial charge in [-0.05, 0) is 47.2 Å². The number of nitrogens with one attached hydrogen (secondary N) is 1. The lowest BCUT2D eigenvalue weighted by Crippen LogP contribution is -2.23. The Morgan fingerprint density at radius 1 is 1.10 bits per heavy atom. The molecule has 21 heavy (non-hydrogen) atoms. The van der Waals surface area contributed by atoms with Crippen LogP contribution in [-0.4, -0.2) is 11.5 Å². The number of benzene rings is 1. The number of aromatic nitrogens is 1. The molecule has 2 nitrogen and oxygen atoms in total. The molecule has 0 saturated carbocycles. The molecule has 112 valence electrons. The van der Waals surface area contributed by atoms with E-state index in [1.165, 1.54) is 22.3 Å². The predicted molar refractivity (Wildman–Crippen MR) is 89.6 cm³/mol. The summed E-state index contributed by atoms with van der Waals surface area (Å²) in [5.74, 6) is 0. The summed E-state index contributed by atoms with van der Waals surface area (Å²) in [6.45, 7) is 12.0. The number of pyridine rings is 1. The van der Waals surface area contributed by atoms with Crippen LogP contribution in [0.4, 0.5) is 0 Å². The zero-order valence-electron chi connectivity index (χ0n) is 13.8. The molecule has 0 spiro atoms. The molecule has 0 radical (unpaired) electrons. The van der Waals surface area contributed by atoms with Gasteiger partial charge in [0.25, 0.3) is 0 Å². The highest BCUT2D eigenvalue weighted by molar-refractivity contribution is 5.37. The molecule has 1 heterocycles. The molecule has 0 aliphatic heterocycles. The number of nitrogens with zero attached hydrogens (tertiary/aromatic N) is 1. The first-order valence-corrected chi connectivity index (χ1v) is 7.68. The third kappa shape index (κ3) is 3.70. The SMILES string of the molecule is CCNC(c1ccc(C(C)(C)C)cc1)c1cnccc1C. The molecule has 1 aromatic carbocycles. The largest absolute Gasteiger partial charge is 0.306 e. The highest BCUT2D eigenvalue weighted by Crippen LogP contribution is 2.27. The normalized spacial score (nSPS) is 13.2. The Morgan fingerprint density at radius 2 is 1.76 bits per heavy atom. The lowest BCUT2D eigenvalue weighted by Gasteiger charge is -2.23. The molecule has 1 aromatic heterocycles. The van der Waals surface area contributed by atoms with E-state index in [0.29, 0.717) is 0 Å². The Labute approximate surface area is 128 Å². The van der Waals surface area contributed by atoms with Crippen molar-refractivity contribution in [1.29, 1.82) is 0 Å². The molecule has 0 aliphatic rings. The van der Waals surface area contributed by atoms with Crippen LogP contribution in [0.15, 0.2) is 42.7 Å². The smallest absolute Gasteiger partial charge is 0.0594 e. The maximum absolute atomic E-state index is 4.29. The van der Waals surface area contributed by atoms with Crippen LogP contribution in [0, 0.1) is 6.92 Å². The minimum atomic E-state index is 0.191. The molecule has 2 rings (SSSR count). The second kappa shape index (κ2) is 6.40. The third-order valence-corrected chi connectivity index (χ3v) is 3.91. The lowest BCUT2D eigenvalue weighted by molar-refractivity contribution is 0.587. The van der Waals surface area contributed by atoms with Crippen LogP contribution in [0.3, 0.4) is 0 Å². The van der Waals surface area contributed by atoms with Gasteiger partial charge in [-0.25, -0.2) is 0 Å². The summed E-state index contributed by atoms with van der Waals surface area (Å²) in [6.07, 6.45) is 3.82. The molecular formula is C19H26N2. The fraction of sp³-hybridized carbons (Fsp3) is 0.421. The van der Waals surface area contributed by atoms with E-state index in [4.69, 9.17) is 0 Å². The highest BCUT2D eigenvalue weighted by Gasteiger charge is 2.17. The number of aryl methyl sites for hydroxylation is 1. The minimum absolute atomic E-state index is 0.191. The molecule has 0 saturated heterocycles. The van der Waals surface area contributed by atoms with Gasteiger partial charge < -0.3 is 5.32 Å². The van der Waals surface area contributed by atoms with Crippen molar-refractivity contribution >= 4 is 0 Å². The zero-order chi connectivity index (χ0) is 15.5. The van der Waals surface area contributed by atoms with E-state index in [9.17, 15) is 0 Å². The van der Waals surface area contributed by atoms with Gasteiger partial charge in [0.1, 0.15) is 0 Å². The van der Waals surface area contributed by atoms with Crippen LogP contribution in [0.1, 0.15) is 56.0 Å². The van der Waals surface area contributed by atoms with Gasteiger partial charge >= 0.3 is 0 Å². The van der Waals surface area contributed by atoms with Gasteiger partial charge in [-0.2, -0.15) is 0 Å². The molecule has 1 N–H and O–H groups in total. The summed E-state index contributed by atoms with van der Waals surface area (Å²) in [6, 6.07) is 11.2. The number of rotatable bonds is 4. The van der Waals surface area contributed by atoms with Gasteiger partial charge in [0, 0.05) is 12.4 Å². The summed E-state index contributed by atoms with van der Waals surface area (Å²) in [4.78, 5) is 4.29. The zero-order valence-corrected chi connectivity index (χ0v) is 13.8. The average molecular weight is 282 g/mol. The number of hydrogen-bond donors (Lipinski definition) is 1. The molecule has 1 atom stereocenters. The molecule has 2 aromatic rings. The van der Waals surface area contributed by atoms with E-state index in [-0.39, 0.29) is 11.5 Å². The second-order valence-corrected chi connectivity index (χ2v) is 6.59. The highest BCUT2D eigenvalue weighted by atomic mass is 14.9. The van der Waals surface area contributed by atoms with E-state index in [2.05, 4.69) is 75.3 Å². The molecule has 0 amide bonds. The molecule has 0 bridgehead atoms. The van der Waals surface area contributed by atoms with Crippen molar-refractivity contribution in [1.82, 2.24) is 10.3 Å². The molecular weight excluding hydrogens is 256 g/mol. The maximum Gasteiger partial charge on any atom is 0.0594 e. The van der Waals surface area contributed by atoms with E-state index < -0.39 is 0 Å². The Bertz CT molecular complexity index is 579. The Hall–Kier alpha value is -1.67. The van der Waals surface area contributed by atoms with Crippen LogP contribution in [0.5, 0.6) is 0 Å². The molecule has 0 aliphatic carbocycles. The van der Waals surface area contributed by atoms with Crippen LogP contribution in [0.2, 0.25) is 0 Å². The summed E-state index contributed by atoms with van der Waals surface area (Å²) in [7, 11) is 0.